The van der Waals surface area contributed by atoms with Crippen molar-refractivity contribution in [2.24, 2.45) is 0 Å². The summed E-state index contributed by atoms with van der Waals surface area (Å²) < 4.78 is 0. The summed E-state index contributed by atoms with van der Waals surface area (Å²) in [5.74, 6) is 0.247. The molecule has 0 radical (unpaired) electrons. The zero-order valence-corrected chi connectivity index (χ0v) is 7.35. The summed E-state index contributed by atoms with van der Waals surface area (Å²) in [5, 5.41) is 11.6. The van der Waals surface area contributed by atoms with Gasteiger partial charge in [-0.05, 0) is 12.6 Å². The summed E-state index contributed by atoms with van der Waals surface area (Å²) in [6.45, 7) is 7.48. The van der Waals surface area contributed by atoms with E-state index in [4.69, 9.17) is 5.11 Å². The van der Waals surface area contributed by atoms with Crippen LogP contribution in [0.25, 0.3) is 0 Å². The molecule has 0 rings (SSSR count). The van der Waals surface area contributed by atoms with Crippen LogP contribution in [0.3, 0.4) is 0 Å². The molecule has 0 spiro atoms. The van der Waals surface area contributed by atoms with Crippen molar-refractivity contribution in [3.63, 3.8) is 0 Å². The molecule has 0 saturated heterocycles. The zero-order chi connectivity index (χ0) is 7.28. The standard InChI is InChI=1S/C6H13NOSi/c1-5(2)7-6(8)4-9-3/h4,7-8H,1,9H2,2-3H3. The molecule has 0 unspecified atom stereocenters. The number of nitrogens with one attached hydrogen (secondary N) is 1. The van der Waals surface area contributed by atoms with E-state index in [2.05, 4.69) is 18.4 Å². The van der Waals surface area contributed by atoms with E-state index in [1.165, 1.54) is 0 Å². The lowest BCUT2D eigenvalue weighted by Gasteiger charge is -2.01. The summed E-state index contributed by atoms with van der Waals surface area (Å²) in [7, 11) is -0.192. The molecule has 0 amide bonds. The van der Waals surface area contributed by atoms with E-state index in [9.17, 15) is 0 Å². The van der Waals surface area contributed by atoms with Crippen molar-refractivity contribution in [3.05, 3.63) is 23.9 Å². The summed E-state index contributed by atoms with van der Waals surface area (Å²) in [6, 6.07) is 0. The molecule has 0 saturated carbocycles. The van der Waals surface area contributed by atoms with E-state index in [1.807, 2.05) is 5.70 Å². The molecule has 0 aromatic carbocycles. The van der Waals surface area contributed by atoms with Gasteiger partial charge in [-0.15, -0.1) is 0 Å². The highest BCUT2D eigenvalue weighted by molar-refractivity contribution is 6.40. The molecule has 2 N–H and O–H groups in total. The molecule has 52 valence electrons. The Hall–Kier alpha value is -0.703. The summed E-state index contributed by atoms with van der Waals surface area (Å²) in [4.78, 5) is 0. The molecule has 0 atom stereocenters. The first-order chi connectivity index (χ1) is 4.16. The Labute approximate surface area is 58.1 Å². The quantitative estimate of drug-likeness (QED) is 0.450. The van der Waals surface area contributed by atoms with Crippen molar-refractivity contribution in [1.82, 2.24) is 5.32 Å². The third-order valence-electron chi connectivity index (χ3n) is 0.739. The predicted octanol–water partition coefficient (Wildman–Crippen LogP) is 0.683. The average molecular weight is 143 g/mol. The Balaban J connectivity index is 3.62. The maximum Gasteiger partial charge on any atom is 0.179 e. The molecule has 0 aliphatic heterocycles. The van der Waals surface area contributed by atoms with E-state index < -0.39 is 0 Å². The van der Waals surface area contributed by atoms with Crippen molar-refractivity contribution >= 4 is 9.52 Å². The second kappa shape index (κ2) is 4.20. The highest BCUT2D eigenvalue weighted by atomic mass is 28.2. The second-order valence-electron chi connectivity index (χ2n) is 1.90. The van der Waals surface area contributed by atoms with Crippen LogP contribution < -0.4 is 5.32 Å². The first-order valence-corrected chi connectivity index (χ1v) is 5.21. The fourth-order valence-corrected chi connectivity index (χ4v) is 0.952. The third kappa shape index (κ3) is 5.16. The number of hydrogen-bond donors (Lipinski definition) is 2. The maximum absolute atomic E-state index is 8.94. The van der Waals surface area contributed by atoms with Gasteiger partial charge in [0.2, 0.25) is 0 Å². The topological polar surface area (TPSA) is 32.3 Å². The molecule has 0 bridgehead atoms. The minimum absolute atomic E-state index is 0.192. The van der Waals surface area contributed by atoms with Crippen molar-refractivity contribution in [2.75, 3.05) is 0 Å². The van der Waals surface area contributed by atoms with Gasteiger partial charge in [-0.3, -0.25) is 0 Å². The molecule has 0 fully saturated rings. The van der Waals surface area contributed by atoms with E-state index in [-0.39, 0.29) is 15.4 Å². The van der Waals surface area contributed by atoms with Gasteiger partial charge in [0.05, 0.1) is 0 Å². The summed E-state index contributed by atoms with van der Waals surface area (Å²) in [6.07, 6.45) is 0. The van der Waals surface area contributed by atoms with Crippen LogP contribution in [0.2, 0.25) is 6.55 Å². The van der Waals surface area contributed by atoms with E-state index >= 15 is 0 Å². The van der Waals surface area contributed by atoms with Crippen LogP contribution in [0.5, 0.6) is 0 Å². The van der Waals surface area contributed by atoms with Gasteiger partial charge in [-0.25, -0.2) is 0 Å². The van der Waals surface area contributed by atoms with Crippen LogP contribution in [0.4, 0.5) is 0 Å². The van der Waals surface area contributed by atoms with Gasteiger partial charge in [0.1, 0.15) is 0 Å². The average Bonchev–Trinajstić information content (AvgIpc) is 1.63. The fourth-order valence-electron chi connectivity index (χ4n) is 0.463. The van der Waals surface area contributed by atoms with Crippen LogP contribution in [-0.2, 0) is 0 Å². The fraction of sp³-hybridized carbons (Fsp3) is 0.333. The normalized spacial score (nSPS) is 12.4. The minimum atomic E-state index is -0.192. The molecule has 2 nitrogen and oxygen atoms in total. The van der Waals surface area contributed by atoms with Crippen molar-refractivity contribution < 1.29 is 5.11 Å². The molecule has 9 heavy (non-hydrogen) atoms. The van der Waals surface area contributed by atoms with Gasteiger partial charge in [0.15, 0.2) is 5.88 Å². The van der Waals surface area contributed by atoms with Gasteiger partial charge in [0.25, 0.3) is 0 Å². The predicted molar refractivity (Wildman–Crippen MR) is 43.1 cm³/mol. The molecule has 0 aromatic heterocycles. The van der Waals surface area contributed by atoms with E-state index in [1.54, 1.807) is 6.92 Å². The summed E-state index contributed by atoms with van der Waals surface area (Å²) >= 11 is 0. The number of aliphatic hydroxyl groups excluding tert-OH is 1. The first-order valence-electron chi connectivity index (χ1n) is 2.98. The minimum Gasteiger partial charge on any atom is -0.495 e. The smallest absolute Gasteiger partial charge is 0.179 e. The highest BCUT2D eigenvalue weighted by Gasteiger charge is 1.86. The van der Waals surface area contributed by atoms with Gasteiger partial charge in [-0.1, -0.05) is 13.1 Å². The van der Waals surface area contributed by atoms with E-state index in [0.29, 0.717) is 0 Å². The molecule has 0 aromatic rings. The SMILES string of the molecule is C=C(C)NC(O)=C[SiH2]C. The lowest BCUT2D eigenvalue weighted by Crippen LogP contribution is -2.09. The van der Waals surface area contributed by atoms with Crippen molar-refractivity contribution in [2.45, 2.75) is 13.5 Å². The van der Waals surface area contributed by atoms with Crippen LogP contribution in [0, 0.1) is 0 Å². The number of aliphatic hydroxyl groups is 1. The number of rotatable bonds is 3. The molecular formula is C6H13NOSi. The van der Waals surface area contributed by atoms with Gasteiger partial charge in [0, 0.05) is 15.2 Å². The molecule has 0 heterocycles. The van der Waals surface area contributed by atoms with Gasteiger partial charge in [-0.2, -0.15) is 0 Å². The van der Waals surface area contributed by atoms with Gasteiger partial charge < -0.3 is 10.4 Å². The van der Waals surface area contributed by atoms with Crippen molar-refractivity contribution in [3.8, 4) is 0 Å². The van der Waals surface area contributed by atoms with E-state index in [0.717, 1.165) is 5.70 Å². The second-order valence-corrected chi connectivity index (χ2v) is 3.13. The lowest BCUT2D eigenvalue weighted by atomic mass is 10.6. The third-order valence-corrected chi connectivity index (χ3v) is 1.53. The summed E-state index contributed by atoms with van der Waals surface area (Å²) in [5.41, 5.74) is 2.60. The molecule has 0 aliphatic carbocycles. The van der Waals surface area contributed by atoms with Crippen LogP contribution >= 0.6 is 0 Å². The monoisotopic (exact) mass is 143 g/mol. The van der Waals surface area contributed by atoms with Gasteiger partial charge >= 0.3 is 0 Å². The van der Waals surface area contributed by atoms with Crippen LogP contribution in [0.15, 0.2) is 23.9 Å². The van der Waals surface area contributed by atoms with Crippen LogP contribution in [-0.4, -0.2) is 14.6 Å². The Bertz CT molecular complexity index is 131. The molecular weight excluding hydrogens is 130 g/mol. The number of allylic oxidation sites excluding steroid dienone is 1. The number of hydrogen-bond acceptors (Lipinski definition) is 2. The zero-order valence-electron chi connectivity index (χ0n) is 5.94. The Morgan fingerprint density at radius 1 is 1.78 bits per heavy atom. The van der Waals surface area contributed by atoms with Crippen LogP contribution in [0.1, 0.15) is 6.92 Å². The molecule has 0 aliphatic rings. The largest absolute Gasteiger partial charge is 0.495 e. The Morgan fingerprint density at radius 3 is 2.67 bits per heavy atom. The van der Waals surface area contributed by atoms with Crippen molar-refractivity contribution in [1.29, 1.82) is 0 Å². The first kappa shape index (κ1) is 8.30. The Kier molecular flexibility index (Phi) is 3.87. The Morgan fingerprint density at radius 2 is 2.33 bits per heavy atom. The molecule has 3 heteroatoms. The highest BCUT2D eigenvalue weighted by Crippen LogP contribution is 1.85. The lowest BCUT2D eigenvalue weighted by molar-refractivity contribution is 0.379. The maximum atomic E-state index is 8.94.